The van der Waals surface area contributed by atoms with Crippen LogP contribution in [0.2, 0.25) is 0 Å². The number of piperidine rings is 1. The first-order valence-corrected chi connectivity index (χ1v) is 14.2. The third-order valence-corrected chi connectivity index (χ3v) is 8.00. The molecular weight excluding hydrogens is 607 g/mol. The third kappa shape index (κ3) is 9.64. The van der Waals surface area contributed by atoms with Crippen LogP contribution in [0, 0.1) is 10.8 Å². The minimum atomic E-state index is -4.32. The van der Waals surface area contributed by atoms with E-state index in [2.05, 4.69) is 5.32 Å². The van der Waals surface area contributed by atoms with Gasteiger partial charge in [0.05, 0.1) is 23.6 Å². The molecule has 42 heavy (non-hydrogen) atoms. The summed E-state index contributed by atoms with van der Waals surface area (Å²) in [5.41, 5.74) is 6.92. The largest absolute Gasteiger partial charge is 0.489 e. The smallest absolute Gasteiger partial charge is 0.320 e. The number of hydrogen-bond donors (Lipinski definition) is 5. The van der Waals surface area contributed by atoms with Crippen LogP contribution in [0.15, 0.2) is 48.5 Å². The summed E-state index contributed by atoms with van der Waals surface area (Å²) in [6.45, 7) is 2.81. The molecular formula is C27H36Cl2N6O6S. The average Bonchev–Trinajstić information content (AvgIpc) is 2.90. The highest BCUT2D eigenvalue weighted by molar-refractivity contribution is 7.93. The van der Waals surface area contributed by atoms with E-state index in [1.54, 1.807) is 43.3 Å². The molecule has 12 nitrogen and oxygen atoms in total. The van der Waals surface area contributed by atoms with Crippen molar-refractivity contribution in [2.45, 2.75) is 25.9 Å². The maximum Gasteiger partial charge on any atom is 0.320 e. The Hall–Kier alpha value is -3.81. The average molecular weight is 644 g/mol. The zero-order valence-electron chi connectivity index (χ0n) is 23.2. The van der Waals surface area contributed by atoms with E-state index in [0.29, 0.717) is 42.9 Å². The number of ether oxygens (including phenoxy) is 1. The van der Waals surface area contributed by atoms with Crippen LogP contribution < -0.4 is 20.1 Å². The number of carboxylic acids is 1. The van der Waals surface area contributed by atoms with Gasteiger partial charge in [0.15, 0.2) is 5.75 Å². The van der Waals surface area contributed by atoms with Crippen LogP contribution in [0.4, 0.5) is 5.69 Å². The molecule has 230 valence electrons. The lowest BCUT2D eigenvalue weighted by atomic mass is 10.1. The maximum absolute atomic E-state index is 13.1. The van der Waals surface area contributed by atoms with Gasteiger partial charge in [-0.1, -0.05) is 30.4 Å². The lowest BCUT2D eigenvalue weighted by Crippen LogP contribution is -2.40. The molecule has 0 saturated carbocycles. The van der Waals surface area contributed by atoms with Crippen molar-refractivity contribution in [2.24, 2.45) is 5.73 Å². The number of halogens is 2. The van der Waals surface area contributed by atoms with Gasteiger partial charge in [-0.05, 0) is 36.8 Å². The predicted molar refractivity (Wildman–Crippen MR) is 168 cm³/mol. The molecule has 0 bridgehead atoms. The van der Waals surface area contributed by atoms with Crippen molar-refractivity contribution in [1.82, 2.24) is 10.2 Å². The number of hydrogen-bond acceptors (Lipinski definition) is 7. The van der Waals surface area contributed by atoms with Gasteiger partial charge < -0.3 is 25.8 Å². The van der Waals surface area contributed by atoms with Crippen LogP contribution in [0.5, 0.6) is 5.75 Å². The van der Waals surface area contributed by atoms with Crippen molar-refractivity contribution in [3.63, 3.8) is 0 Å². The number of likely N-dealkylation sites (tertiary alicyclic amines) is 1. The number of amides is 1. The number of rotatable bonds is 11. The molecule has 0 aromatic heterocycles. The van der Waals surface area contributed by atoms with E-state index in [0.717, 1.165) is 4.31 Å². The predicted octanol–water partition coefficient (Wildman–Crippen LogP) is 2.95. The summed E-state index contributed by atoms with van der Waals surface area (Å²) >= 11 is 0. The number of carboxylic acid groups (broad SMARTS) is 1. The zero-order valence-corrected chi connectivity index (χ0v) is 25.7. The number of aliphatic carboxylic acids is 1. The van der Waals surface area contributed by atoms with Gasteiger partial charge in [-0.2, -0.15) is 0 Å². The van der Waals surface area contributed by atoms with Gasteiger partial charge in [0.25, 0.3) is 5.91 Å². The highest BCUT2D eigenvalue weighted by Gasteiger charge is 2.28. The third-order valence-electron chi connectivity index (χ3n) is 6.35. The highest BCUT2D eigenvalue weighted by atomic mass is 35.5. The van der Waals surface area contributed by atoms with Gasteiger partial charge in [-0.3, -0.25) is 24.7 Å². The molecule has 1 amide bonds. The number of benzene rings is 2. The van der Waals surface area contributed by atoms with Crippen LogP contribution >= 0.6 is 24.8 Å². The van der Waals surface area contributed by atoms with E-state index >= 15 is 0 Å². The Morgan fingerprint density at radius 1 is 1.17 bits per heavy atom. The second kappa shape index (κ2) is 16.0. The van der Waals surface area contributed by atoms with E-state index < -0.39 is 27.7 Å². The summed E-state index contributed by atoms with van der Waals surface area (Å²) in [5.74, 6) is -2.49. The number of carbonyl (C=O) groups is 2. The number of nitrogens with zero attached hydrogens (tertiary/aromatic N) is 2. The van der Waals surface area contributed by atoms with Gasteiger partial charge in [0.2, 0.25) is 10.0 Å². The van der Waals surface area contributed by atoms with E-state index in [-0.39, 0.29) is 60.3 Å². The second-order valence-corrected chi connectivity index (χ2v) is 11.2. The molecule has 0 atom stereocenters. The molecule has 1 aliphatic heterocycles. The molecule has 0 radical (unpaired) electrons. The Morgan fingerprint density at radius 3 is 2.40 bits per heavy atom. The Bertz CT molecular complexity index is 1430. The Balaban J connectivity index is 0.00000441. The maximum atomic E-state index is 13.1. The highest BCUT2D eigenvalue weighted by Crippen LogP contribution is 2.29. The van der Waals surface area contributed by atoms with Crippen LogP contribution in [-0.2, 0) is 14.8 Å². The first kappa shape index (κ1) is 36.2. The summed E-state index contributed by atoms with van der Waals surface area (Å²) in [7, 11) is -2.88. The molecule has 1 heterocycles. The van der Waals surface area contributed by atoms with Gasteiger partial charge in [-0.25, -0.2) is 8.42 Å². The standard InChI is InChI=1S/C27H34N6O6S.2ClH/c1-18(28)32-13-10-22(11-14-32)39-24-9-8-21(16-23(24)27(36)31-2)33(40(37,38)17-25(34)35)12-4-6-19-5-3-7-20(15-19)26(29)30;;/h3-9,15-16,22,28H,10-14,17H2,1-2H3,(H3,29,30)(H,31,36)(H,34,35);2*1H/b6-4+,28-18?;;. The van der Waals surface area contributed by atoms with Crippen LogP contribution in [0.1, 0.15) is 41.3 Å². The summed E-state index contributed by atoms with van der Waals surface area (Å²) in [6.07, 6.45) is 4.29. The van der Waals surface area contributed by atoms with Gasteiger partial charge in [-0.15, -0.1) is 24.8 Å². The van der Waals surface area contributed by atoms with E-state index in [1.807, 2.05) is 4.90 Å². The summed E-state index contributed by atoms with van der Waals surface area (Å²) in [4.78, 5) is 26.1. The second-order valence-electron chi connectivity index (χ2n) is 9.27. The van der Waals surface area contributed by atoms with Crippen LogP contribution in [-0.4, -0.2) is 80.5 Å². The Morgan fingerprint density at radius 2 is 1.83 bits per heavy atom. The molecule has 2 aromatic carbocycles. The fourth-order valence-corrected chi connectivity index (χ4v) is 5.50. The van der Waals surface area contributed by atoms with Crippen LogP contribution in [0.3, 0.4) is 0 Å². The molecule has 0 unspecified atom stereocenters. The molecule has 0 aliphatic carbocycles. The van der Waals surface area contributed by atoms with E-state index in [9.17, 15) is 23.1 Å². The summed E-state index contributed by atoms with van der Waals surface area (Å²) < 4.78 is 33.2. The van der Waals surface area contributed by atoms with Crippen molar-refractivity contribution in [3.8, 4) is 5.75 Å². The quantitative estimate of drug-likeness (QED) is 0.182. The number of nitrogen functional groups attached to an aromatic ring is 1. The molecule has 6 N–H and O–H groups in total. The summed E-state index contributed by atoms with van der Waals surface area (Å²) in [5, 5.41) is 27.2. The van der Waals surface area contributed by atoms with E-state index in [4.69, 9.17) is 21.3 Å². The monoisotopic (exact) mass is 642 g/mol. The van der Waals surface area contributed by atoms with Gasteiger partial charge in [0.1, 0.15) is 17.7 Å². The number of nitrogens with one attached hydrogen (secondary N) is 3. The fraction of sp³-hybridized carbons (Fsp3) is 0.333. The van der Waals surface area contributed by atoms with Gasteiger partial charge >= 0.3 is 5.97 Å². The van der Waals surface area contributed by atoms with Crippen molar-refractivity contribution < 1.29 is 27.9 Å². The van der Waals surface area contributed by atoms with Gasteiger partial charge in [0, 0.05) is 38.5 Å². The molecule has 2 aromatic rings. The van der Waals surface area contributed by atoms with Crippen molar-refractivity contribution in [3.05, 3.63) is 65.2 Å². The topological polar surface area (TPSA) is 190 Å². The Kier molecular flexibility index (Phi) is 13.8. The van der Waals surface area contributed by atoms with Crippen molar-refractivity contribution >= 4 is 70.1 Å². The number of anilines is 1. The minimum absolute atomic E-state index is 0. The number of carbonyl (C=O) groups excluding carboxylic acids is 1. The van der Waals surface area contributed by atoms with E-state index in [1.165, 1.54) is 25.2 Å². The molecule has 0 spiro atoms. The van der Waals surface area contributed by atoms with Crippen molar-refractivity contribution in [2.75, 3.05) is 36.7 Å². The fourth-order valence-electron chi connectivity index (χ4n) is 4.28. The lowest BCUT2D eigenvalue weighted by molar-refractivity contribution is -0.134. The Labute approximate surface area is 257 Å². The molecule has 3 rings (SSSR count). The molecule has 1 fully saturated rings. The molecule has 1 aliphatic rings. The molecule has 1 saturated heterocycles. The lowest BCUT2D eigenvalue weighted by Gasteiger charge is -2.33. The SMILES string of the molecule is CNC(=O)c1cc(N(C/C=C/c2cccc(C(=N)N)c2)S(=O)(=O)CC(=O)O)ccc1OC1CCN(C(C)=N)CC1.Cl.Cl. The zero-order chi connectivity index (χ0) is 29.4. The number of sulfonamides is 1. The van der Waals surface area contributed by atoms with Crippen LogP contribution in [0.25, 0.3) is 6.08 Å². The summed E-state index contributed by atoms with van der Waals surface area (Å²) in [6, 6.07) is 11.2. The number of amidine groups is 2. The molecule has 15 heteroatoms. The normalized spacial score (nSPS) is 13.4. The first-order valence-electron chi connectivity index (χ1n) is 12.6. The first-order chi connectivity index (χ1) is 18.9. The van der Waals surface area contributed by atoms with Crippen molar-refractivity contribution in [1.29, 1.82) is 10.8 Å². The number of nitrogens with two attached hydrogens (primary N) is 1. The minimum Gasteiger partial charge on any atom is -0.489 e.